The number of nitrogens with zero attached hydrogens (tertiary/aromatic N) is 2. The van der Waals surface area contributed by atoms with Gasteiger partial charge in [0, 0.05) is 10.8 Å². The third kappa shape index (κ3) is 4.13. The average molecular weight is 539 g/mol. The summed E-state index contributed by atoms with van der Waals surface area (Å²) in [6, 6.07) is 34.0. The van der Waals surface area contributed by atoms with Crippen molar-refractivity contribution in [3.05, 3.63) is 120 Å². The van der Waals surface area contributed by atoms with E-state index in [2.05, 4.69) is 92.9 Å². The van der Waals surface area contributed by atoms with Crippen LogP contribution in [0.3, 0.4) is 0 Å². The quantitative estimate of drug-likeness (QED) is 0.218. The van der Waals surface area contributed by atoms with E-state index in [0.717, 1.165) is 55.5 Å². The van der Waals surface area contributed by atoms with Crippen molar-refractivity contribution < 1.29 is 8.81 Å². The number of furan rings is 1. The summed E-state index contributed by atoms with van der Waals surface area (Å²) in [5.74, 6) is 1.27. The van der Waals surface area contributed by atoms with Gasteiger partial charge >= 0.3 is 0 Å². The minimum atomic E-state index is -0.254. The summed E-state index contributed by atoms with van der Waals surface area (Å²) in [4.78, 5) is 5.22. The highest BCUT2D eigenvalue weighted by molar-refractivity contribution is 6.10. The van der Waals surface area contributed by atoms with Gasteiger partial charge in [0.15, 0.2) is 0 Å². The zero-order valence-electron chi connectivity index (χ0n) is 23.7. The summed E-state index contributed by atoms with van der Waals surface area (Å²) in [7, 11) is 0. The van der Waals surface area contributed by atoms with Gasteiger partial charge in [0.25, 0.3) is 0 Å². The fourth-order valence-corrected chi connectivity index (χ4v) is 6.02. The van der Waals surface area contributed by atoms with Crippen LogP contribution in [-0.2, 0) is 0 Å². The zero-order valence-corrected chi connectivity index (χ0v) is 23.7. The summed E-state index contributed by atoms with van der Waals surface area (Å²) in [6.07, 6.45) is 0. The number of rotatable bonds is 5. The van der Waals surface area contributed by atoms with Crippen LogP contribution in [0, 0.1) is 5.82 Å². The molecule has 0 aliphatic heterocycles. The van der Waals surface area contributed by atoms with Gasteiger partial charge in [-0.25, -0.2) is 9.37 Å². The third-order valence-corrected chi connectivity index (χ3v) is 8.02. The minimum absolute atomic E-state index is 0.254. The smallest absolute Gasteiger partial charge is 0.149 e. The Kier molecular flexibility index (Phi) is 6.01. The molecule has 0 bridgehead atoms. The summed E-state index contributed by atoms with van der Waals surface area (Å²) in [5.41, 5.74) is 10.0. The molecule has 0 radical (unpaired) electrons. The molecule has 0 aliphatic rings. The van der Waals surface area contributed by atoms with E-state index in [1.807, 2.05) is 24.3 Å². The molecule has 0 N–H and O–H groups in total. The maximum Gasteiger partial charge on any atom is 0.149 e. The largest absolute Gasteiger partial charge is 0.455 e. The molecule has 0 aliphatic carbocycles. The summed E-state index contributed by atoms with van der Waals surface area (Å²) >= 11 is 0. The molecule has 0 saturated carbocycles. The maximum absolute atomic E-state index is 14.0. The highest BCUT2D eigenvalue weighted by Crippen LogP contribution is 2.41. The van der Waals surface area contributed by atoms with Crippen molar-refractivity contribution in [2.45, 2.75) is 39.5 Å². The summed E-state index contributed by atoms with van der Waals surface area (Å²) in [5, 5.41) is 2.05. The van der Waals surface area contributed by atoms with Crippen molar-refractivity contribution >= 4 is 33.0 Å². The van der Waals surface area contributed by atoms with Crippen LogP contribution in [-0.4, -0.2) is 9.55 Å². The monoisotopic (exact) mass is 538 g/mol. The van der Waals surface area contributed by atoms with Crippen molar-refractivity contribution in [3.8, 4) is 28.2 Å². The Balaban J connectivity index is 1.53. The van der Waals surface area contributed by atoms with Gasteiger partial charge in [-0.2, -0.15) is 0 Å². The normalized spacial score (nSPS) is 12.0. The lowest BCUT2D eigenvalue weighted by Gasteiger charge is -2.22. The van der Waals surface area contributed by atoms with Gasteiger partial charge in [-0.05, 0) is 76.6 Å². The maximum atomic E-state index is 14.0. The van der Waals surface area contributed by atoms with Crippen LogP contribution in [0.2, 0.25) is 0 Å². The lowest BCUT2D eigenvalue weighted by Crippen LogP contribution is -2.08. The molecule has 0 saturated heterocycles. The highest BCUT2D eigenvalue weighted by atomic mass is 19.1. The van der Waals surface area contributed by atoms with Crippen molar-refractivity contribution in [3.63, 3.8) is 0 Å². The van der Waals surface area contributed by atoms with Crippen LogP contribution in [0.5, 0.6) is 0 Å². The van der Waals surface area contributed by atoms with Gasteiger partial charge in [0.1, 0.15) is 22.8 Å². The van der Waals surface area contributed by atoms with Crippen molar-refractivity contribution in [1.82, 2.24) is 9.55 Å². The van der Waals surface area contributed by atoms with E-state index >= 15 is 0 Å². The molecule has 4 heteroatoms. The van der Waals surface area contributed by atoms with Crippen LogP contribution >= 0.6 is 0 Å². The SMILES string of the molecule is CC(C)c1cccc(C(C)C)c1-n1c(-c2cccc3c2oc2cc(-c4cccc(F)c4)ccc23)nc2ccccc21. The Morgan fingerprint density at radius 1 is 0.683 bits per heavy atom. The number of aromatic nitrogens is 2. The molecule has 2 aromatic heterocycles. The molecule has 5 aromatic carbocycles. The number of hydrogen-bond donors (Lipinski definition) is 0. The molecule has 0 amide bonds. The highest BCUT2D eigenvalue weighted by Gasteiger charge is 2.24. The second-order valence-electron chi connectivity index (χ2n) is 11.4. The van der Waals surface area contributed by atoms with E-state index in [0.29, 0.717) is 11.8 Å². The summed E-state index contributed by atoms with van der Waals surface area (Å²) in [6.45, 7) is 8.99. The molecule has 0 unspecified atom stereocenters. The van der Waals surface area contributed by atoms with E-state index in [1.165, 1.54) is 22.9 Å². The minimum Gasteiger partial charge on any atom is -0.455 e. The van der Waals surface area contributed by atoms with Gasteiger partial charge in [-0.3, -0.25) is 4.57 Å². The number of hydrogen-bond acceptors (Lipinski definition) is 2. The number of halogens is 1. The van der Waals surface area contributed by atoms with E-state index in [9.17, 15) is 4.39 Å². The molecule has 0 spiro atoms. The second kappa shape index (κ2) is 9.74. The Morgan fingerprint density at radius 3 is 2.15 bits per heavy atom. The number of benzene rings is 5. The lowest BCUT2D eigenvalue weighted by atomic mass is 9.92. The van der Waals surface area contributed by atoms with Crippen LogP contribution < -0.4 is 0 Å². The molecule has 202 valence electrons. The van der Waals surface area contributed by atoms with Crippen LogP contribution in [0.1, 0.15) is 50.7 Å². The van der Waals surface area contributed by atoms with E-state index < -0.39 is 0 Å². The molecule has 3 nitrogen and oxygen atoms in total. The average Bonchev–Trinajstić information content (AvgIpc) is 3.54. The molecule has 7 rings (SSSR count). The standard InChI is InChI=1S/C37H31FN2O/c1-22(2)27-12-8-13-28(23(3)4)35(27)40-33-17-6-5-16-32(33)39-37(40)31-15-9-14-30-29-19-18-25(21-34(29)41-36(30)31)24-10-7-11-26(38)20-24/h5-23H,1-4H3. The Bertz CT molecular complexity index is 2050. The number of fused-ring (bicyclic) bond motifs is 4. The summed E-state index contributed by atoms with van der Waals surface area (Å²) < 4.78 is 22.9. The first-order chi connectivity index (χ1) is 19.9. The van der Waals surface area contributed by atoms with Crippen LogP contribution in [0.25, 0.3) is 61.2 Å². The van der Waals surface area contributed by atoms with Gasteiger partial charge < -0.3 is 4.42 Å². The zero-order chi connectivity index (χ0) is 28.2. The van der Waals surface area contributed by atoms with E-state index in [4.69, 9.17) is 9.40 Å². The fraction of sp³-hybridized carbons (Fsp3) is 0.162. The Morgan fingerprint density at radius 2 is 1.39 bits per heavy atom. The predicted octanol–water partition coefficient (Wildman–Crippen LogP) is 10.6. The molecule has 41 heavy (non-hydrogen) atoms. The van der Waals surface area contributed by atoms with Crippen molar-refractivity contribution in [1.29, 1.82) is 0 Å². The molecule has 0 fully saturated rings. The fourth-order valence-electron chi connectivity index (χ4n) is 6.02. The van der Waals surface area contributed by atoms with E-state index in [1.54, 1.807) is 12.1 Å². The Labute approximate surface area is 238 Å². The topological polar surface area (TPSA) is 31.0 Å². The first-order valence-electron chi connectivity index (χ1n) is 14.2. The van der Waals surface area contributed by atoms with Crippen molar-refractivity contribution in [2.24, 2.45) is 0 Å². The Hall–Kier alpha value is -4.70. The molecule has 2 heterocycles. The molecule has 0 atom stereocenters. The first kappa shape index (κ1) is 25.3. The molecular formula is C37H31FN2O. The predicted molar refractivity (Wildman–Crippen MR) is 167 cm³/mol. The van der Waals surface area contributed by atoms with Gasteiger partial charge in [-0.1, -0.05) is 88.4 Å². The van der Waals surface area contributed by atoms with Gasteiger partial charge in [0.2, 0.25) is 0 Å². The second-order valence-corrected chi connectivity index (χ2v) is 11.4. The van der Waals surface area contributed by atoms with Crippen LogP contribution in [0.15, 0.2) is 108 Å². The third-order valence-electron chi connectivity index (χ3n) is 8.02. The van der Waals surface area contributed by atoms with Gasteiger partial charge in [0.05, 0.1) is 22.3 Å². The van der Waals surface area contributed by atoms with E-state index in [-0.39, 0.29) is 5.82 Å². The van der Waals surface area contributed by atoms with Crippen LogP contribution in [0.4, 0.5) is 4.39 Å². The molecule has 7 aromatic rings. The molecular weight excluding hydrogens is 507 g/mol. The first-order valence-corrected chi connectivity index (χ1v) is 14.2. The van der Waals surface area contributed by atoms with Crippen molar-refractivity contribution in [2.75, 3.05) is 0 Å². The van der Waals surface area contributed by atoms with Gasteiger partial charge in [-0.15, -0.1) is 0 Å². The number of para-hydroxylation sites is 4. The number of imidazole rings is 1. The lowest BCUT2D eigenvalue weighted by molar-refractivity contribution is 0.628.